The topological polar surface area (TPSA) is 35.5 Å². The molecular formula is C16H22O3. The fraction of sp³-hybridized carbons (Fsp3) is 0.438. The molecule has 1 aromatic rings. The van der Waals surface area contributed by atoms with Crippen molar-refractivity contribution >= 4 is 5.97 Å². The number of hydrogen-bond acceptors (Lipinski definition) is 3. The second-order valence-electron chi connectivity index (χ2n) is 4.45. The van der Waals surface area contributed by atoms with Crippen LogP contribution in [-0.4, -0.2) is 19.2 Å². The zero-order valence-corrected chi connectivity index (χ0v) is 11.7. The quantitative estimate of drug-likeness (QED) is 0.407. The van der Waals surface area contributed by atoms with Gasteiger partial charge in [0.25, 0.3) is 0 Å². The van der Waals surface area contributed by atoms with Crippen molar-refractivity contribution in [3.63, 3.8) is 0 Å². The number of carbonyl (C=O) groups is 1. The molecule has 0 aliphatic carbocycles. The van der Waals surface area contributed by atoms with Crippen LogP contribution in [0.15, 0.2) is 36.9 Å². The van der Waals surface area contributed by atoms with Gasteiger partial charge in [-0.3, -0.25) is 0 Å². The lowest BCUT2D eigenvalue weighted by atomic mass is 9.99. The highest BCUT2D eigenvalue weighted by Gasteiger charge is 2.02. The molecule has 1 atom stereocenters. The summed E-state index contributed by atoms with van der Waals surface area (Å²) in [6.45, 7) is 8.61. The maximum Gasteiger partial charge on any atom is 0.330 e. The molecule has 3 heteroatoms. The average molecular weight is 262 g/mol. The lowest BCUT2D eigenvalue weighted by Crippen LogP contribution is -2.06. The minimum atomic E-state index is -0.391. The summed E-state index contributed by atoms with van der Waals surface area (Å²) in [4.78, 5) is 10.8. The van der Waals surface area contributed by atoms with Gasteiger partial charge in [0.2, 0.25) is 0 Å². The van der Waals surface area contributed by atoms with E-state index in [-0.39, 0.29) is 0 Å². The van der Waals surface area contributed by atoms with Crippen molar-refractivity contribution in [3.8, 4) is 5.75 Å². The van der Waals surface area contributed by atoms with Crippen LogP contribution in [0.1, 0.15) is 38.2 Å². The Labute approximate surface area is 115 Å². The number of ether oxygens (including phenoxy) is 2. The summed E-state index contributed by atoms with van der Waals surface area (Å²) in [5.41, 5.74) is 1.33. The summed E-state index contributed by atoms with van der Waals surface area (Å²) in [5.74, 6) is 1.03. The molecule has 0 spiro atoms. The summed E-state index contributed by atoms with van der Waals surface area (Å²) in [5, 5.41) is 0. The molecule has 0 bridgehead atoms. The van der Waals surface area contributed by atoms with Gasteiger partial charge in [0, 0.05) is 12.5 Å². The first kappa shape index (κ1) is 15.3. The Bertz CT molecular complexity index is 395. The lowest BCUT2D eigenvalue weighted by Gasteiger charge is -2.10. The minimum absolute atomic E-state index is 0.357. The van der Waals surface area contributed by atoms with Gasteiger partial charge in [-0.25, -0.2) is 4.79 Å². The van der Waals surface area contributed by atoms with Crippen LogP contribution in [0.5, 0.6) is 5.75 Å². The molecule has 3 nitrogen and oxygen atoms in total. The maximum absolute atomic E-state index is 10.8. The molecule has 0 N–H and O–H groups in total. The molecular weight excluding hydrogens is 240 g/mol. The second-order valence-corrected chi connectivity index (χ2v) is 4.45. The summed E-state index contributed by atoms with van der Waals surface area (Å²) in [6, 6.07) is 8.16. The maximum atomic E-state index is 10.8. The fourth-order valence-corrected chi connectivity index (χ4v) is 1.61. The fourth-order valence-electron chi connectivity index (χ4n) is 1.61. The van der Waals surface area contributed by atoms with E-state index in [0.29, 0.717) is 25.6 Å². The summed E-state index contributed by atoms with van der Waals surface area (Å²) < 4.78 is 10.4. The highest BCUT2D eigenvalue weighted by atomic mass is 16.5. The molecule has 104 valence electrons. The Morgan fingerprint density at radius 2 is 2.00 bits per heavy atom. The Kier molecular flexibility index (Phi) is 6.72. The molecule has 0 aromatic heterocycles. The van der Waals surface area contributed by atoms with E-state index in [1.54, 1.807) is 0 Å². The predicted molar refractivity (Wildman–Crippen MR) is 76.4 cm³/mol. The second kappa shape index (κ2) is 8.35. The van der Waals surface area contributed by atoms with Crippen LogP contribution in [0, 0.1) is 0 Å². The van der Waals surface area contributed by atoms with Crippen molar-refractivity contribution in [1.29, 1.82) is 0 Å². The molecule has 0 amide bonds. The highest BCUT2D eigenvalue weighted by Crippen LogP contribution is 2.21. The van der Waals surface area contributed by atoms with Gasteiger partial charge in [-0.05, 0) is 30.0 Å². The first-order valence-corrected chi connectivity index (χ1v) is 6.69. The van der Waals surface area contributed by atoms with E-state index in [4.69, 9.17) is 9.47 Å². The van der Waals surface area contributed by atoms with Crippen LogP contribution in [0.3, 0.4) is 0 Å². The molecule has 0 fully saturated rings. The normalized spacial score (nSPS) is 11.7. The van der Waals surface area contributed by atoms with Crippen molar-refractivity contribution in [2.45, 2.75) is 32.6 Å². The molecule has 0 aliphatic heterocycles. The summed E-state index contributed by atoms with van der Waals surface area (Å²) in [6.07, 6.45) is 2.97. The van der Waals surface area contributed by atoms with Crippen LogP contribution >= 0.6 is 0 Å². The molecule has 0 radical (unpaired) electrons. The van der Waals surface area contributed by atoms with Gasteiger partial charge >= 0.3 is 5.97 Å². The number of esters is 1. The van der Waals surface area contributed by atoms with E-state index in [1.165, 1.54) is 5.56 Å². The predicted octanol–water partition coefficient (Wildman–Crippen LogP) is 3.70. The van der Waals surface area contributed by atoms with E-state index in [9.17, 15) is 4.79 Å². The SMILES string of the molecule is C=CC(=O)OCCCOc1ccc(C(C)CC)cc1. The molecule has 1 unspecified atom stereocenters. The summed E-state index contributed by atoms with van der Waals surface area (Å²) >= 11 is 0. The first-order valence-electron chi connectivity index (χ1n) is 6.69. The molecule has 0 saturated heterocycles. The van der Waals surface area contributed by atoms with Crippen molar-refractivity contribution in [2.24, 2.45) is 0 Å². The highest BCUT2D eigenvalue weighted by molar-refractivity contribution is 5.81. The van der Waals surface area contributed by atoms with Gasteiger partial charge in [0.15, 0.2) is 0 Å². The zero-order valence-electron chi connectivity index (χ0n) is 11.7. The van der Waals surface area contributed by atoms with Gasteiger partial charge in [-0.15, -0.1) is 0 Å². The monoisotopic (exact) mass is 262 g/mol. The lowest BCUT2D eigenvalue weighted by molar-refractivity contribution is -0.137. The number of rotatable bonds is 8. The van der Waals surface area contributed by atoms with E-state index >= 15 is 0 Å². The van der Waals surface area contributed by atoms with E-state index < -0.39 is 5.97 Å². The minimum Gasteiger partial charge on any atom is -0.493 e. The first-order chi connectivity index (χ1) is 9.17. The molecule has 1 aromatic carbocycles. The van der Waals surface area contributed by atoms with Crippen LogP contribution in [0.25, 0.3) is 0 Å². The third-order valence-electron chi connectivity index (χ3n) is 3.03. The van der Waals surface area contributed by atoms with E-state index in [1.807, 2.05) is 12.1 Å². The van der Waals surface area contributed by atoms with Crippen molar-refractivity contribution in [3.05, 3.63) is 42.5 Å². The third kappa shape index (κ3) is 5.60. The van der Waals surface area contributed by atoms with Crippen molar-refractivity contribution in [2.75, 3.05) is 13.2 Å². The van der Waals surface area contributed by atoms with E-state index in [0.717, 1.165) is 18.2 Å². The zero-order chi connectivity index (χ0) is 14.1. The average Bonchev–Trinajstić information content (AvgIpc) is 2.46. The van der Waals surface area contributed by atoms with Crippen LogP contribution < -0.4 is 4.74 Å². The molecule has 0 saturated carbocycles. The smallest absolute Gasteiger partial charge is 0.330 e. The number of hydrogen-bond donors (Lipinski definition) is 0. The molecule has 19 heavy (non-hydrogen) atoms. The van der Waals surface area contributed by atoms with Gasteiger partial charge in [0.1, 0.15) is 5.75 Å². The Morgan fingerprint density at radius 1 is 1.32 bits per heavy atom. The Morgan fingerprint density at radius 3 is 2.58 bits per heavy atom. The van der Waals surface area contributed by atoms with Gasteiger partial charge in [-0.1, -0.05) is 32.6 Å². The van der Waals surface area contributed by atoms with Gasteiger partial charge in [0.05, 0.1) is 13.2 Å². The standard InChI is InChI=1S/C16H22O3/c1-4-13(3)14-7-9-15(10-8-14)18-11-6-12-19-16(17)5-2/h5,7-10,13H,2,4,6,11-12H2,1,3H3. The van der Waals surface area contributed by atoms with Crippen LogP contribution in [-0.2, 0) is 9.53 Å². The van der Waals surface area contributed by atoms with Gasteiger partial charge < -0.3 is 9.47 Å². The number of carbonyl (C=O) groups excluding carboxylic acids is 1. The molecule has 0 aliphatic rings. The largest absolute Gasteiger partial charge is 0.493 e. The van der Waals surface area contributed by atoms with E-state index in [2.05, 4.69) is 32.6 Å². The summed E-state index contributed by atoms with van der Waals surface area (Å²) in [7, 11) is 0. The van der Waals surface area contributed by atoms with Gasteiger partial charge in [-0.2, -0.15) is 0 Å². The van der Waals surface area contributed by atoms with Crippen molar-refractivity contribution < 1.29 is 14.3 Å². The Balaban J connectivity index is 2.26. The Hall–Kier alpha value is -1.77. The van der Waals surface area contributed by atoms with Crippen LogP contribution in [0.2, 0.25) is 0 Å². The van der Waals surface area contributed by atoms with Crippen LogP contribution in [0.4, 0.5) is 0 Å². The third-order valence-corrected chi connectivity index (χ3v) is 3.03. The number of benzene rings is 1. The van der Waals surface area contributed by atoms with Crippen molar-refractivity contribution in [1.82, 2.24) is 0 Å². The molecule has 0 heterocycles. The molecule has 1 rings (SSSR count).